The average Bonchev–Trinajstić information content (AvgIpc) is 1.64. The third-order valence-corrected chi connectivity index (χ3v) is 3.33. The molecule has 0 nitrogen and oxygen atoms in total. The van der Waals surface area contributed by atoms with Crippen LogP contribution < -0.4 is 0 Å². The molecule has 10 heavy (non-hydrogen) atoms. The summed E-state index contributed by atoms with van der Waals surface area (Å²) < 4.78 is -3.43. The van der Waals surface area contributed by atoms with E-state index in [2.05, 4.69) is 0 Å². The zero-order valence-corrected chi connectivity index (χ0v) is 9.62. The summed E-state index contributed by atoms with van der Waals surface area (Å²) in [7, 11) is 0. The van der Waals surface area contributed by atoms with Crippen molar-refractivity contribution in [1.29, 1.82) is 0 Å². The van der Waals surface area contributed by atoms with E-state index in [9.17, 15) is 0 Å². The van der Waals surface area contributed by atoms with Crippen LogP contribution in [0.25, 0.3) is 0 Å². The second-order valence-corrected chi connectivity index (χ2v) is 5.12. The molecule has 0 spiro atoms. The van der Waals surface area contributed by atoms with Gasteiger partial charge in [-0.15, -0.1) is 23.2 Å². The Morgan fingerprint density at radius 2 is 1.20 bits per heavy atom. The molecule has 0 aromatic carbocycles. The number of hydrogen-bond acceptors (Lipinski definition) is 0. The fraction of sp³-hybridized carbons (Fsp3) is 0.667. The standard InChI is InChI=1S/C3HCl6.Cu/c4-1-2(5,6)3(7,8)9;/h1H;/q-1;+1. The minimum absolute atomic E-state index is 0. The summed E-state index contributed by atoms with van der Waals surface area (Å²) in [5.74, 6) is 0.878. The second kappa shape index (κ2) is 5.09. The summed E-state index contributed by atoms with van der Waals surface area (Å²) in [6.45, 7) is 0. The van der Waals surface area contributed by atoms with Crippen molar-refractivity contribution in [2.24, 2.45) is 0 Å². The minimum Gasteiger partial charge on any atom is -0.346 e. The van der Waals surface area contributed by atoms with Gasteiger partial charge in [-0.25, -0.2) is 5.88 Å². The molecule has 0 aliphatic rings. The van der Waals surface area contributed by atoms with Gasteiger partial charge in [-0.2, -0.15) is 0 Å². The molecule has 0 radical (unpaired) electrons. The van der Waals surface area contributed by atoms with Crippen LogP contribution in [0.15, 0.2) is 0 Å². The van der Waals surface area contributed by atoms with Crippen molar-refractivity contribution in [1.82, 2.24) is 0 Å². The summed E-state index contributed by atoms with van der Waals surface area (Å²) in [5, 5.41) is 0. The third-order valence-electron chi connectivity index (χ3n) is 0.515. The molecule has 0 fully saturated rings. The van der Waals surface area contributed by atoms with Gasteiger partial charge in [-0.05, 0) is 0 Å². The average molecular weight is 313 g/mol. The van der Waals surface area contributed by atoms with E-state index in [1.807, 2.05) is 0 Å². The van der Waals surface area contributed by atoms with Crippen molar-refractivity contribution >= 4 is 69.6 Å². The topological polar surface area (TPSA) is 0 Å². The Kier molecular flexibility index (Phi) is 7.52. The Morgan fingerprint density at radius 1 is 0.900 bits per heavy atom. The summed E-state index contributed by atoms with van der Waals surface area (Å²) in [5.41, 5.74) is 0. The summed E-state index contributed by atoms with van der Waals surface area (Å²) in [4.78, 5) is 0. The normalized spacial score (nSPS) is 12.6. The molecule has 0 aliphatic carbocycles. The summed E-state index contributed by atoms with van der Waals surface area (Å²) in [6, 6.07) is 0. The molecule has 0 rings (SSSR count). The maximum Gasteiger partial charge on any atom is 1.00 e. The Hall–Kier alpha value is 2.26. The van der Waals surface area contributed by atoms with E-state index in [4.69, 9.17) is 69.6 Å². The second-order valence-electron chi connectivity index (χ2n) is 1.23. The number of halogens is 6. The molecule has 66 valence electrons. The molecule has 0 amide bonds. The van der Waals surface area contributed by atoms with Gasteiger partial charge in [-0.3, -0.25) is 0 Å². The van der Waals surface area contributed by atoms with Gasteiger partial charge in [0.2, 0.25) is 0 Å². The first-order valence-corrected chi connectivity index (χ1v) is 4.03. The third kappa shape index (κ3) is 4.33. The summed E-state index contributed by atoms with van der Waals surface area (Å²) in [6.07, 6.45) is 0. The van der Waals surface area contributed by atoms with E-state index < -0.39 is 8.13 Å². The van der Waals surface area contributed by atoms with Crippen LogP contribution in [0.3, 0.4) is 0 Å². The van der Waals surface area contributed by atoms with Crippen LogP contribution >= 0.6 is 69.6 Å². The van der Waals surface area contributed by atoms with Crippen LogP contribution in [-0.2, 0) is 17.1 Å². The molecule has 0 aromatic heterocycles. The molecule has 0 aromatic rings. The van der Waals surface area contributed by atoms with Gasteiger partial charge in [0.15, 0.2) is 3.79 Å². The van der Waals surface area contributed by atoms with Gasteiger partial charge in [0.1, 0.15) is 0 Å². The molecule has 0 N–H and O–H groups in total. The van der Waals surface area contributed by atoms with Gasteiger partial charge >= 0.3 is 17.1 Å². The molecule has 0 heterocycles. The molecule has 0 aliphatic heterocycles. The van der Waals surface area contributed by atoms with Crippen LogP contribution in [-0.4, -0.2) is 8.13 Å². The van der Waals surface area contributed by atoms with Crippen LogP contribution in [0.2, 0.25) is 0 Å². The van der Waals surface area contributed by atoms with E-state index >= 15 is 0 Å². The van der Waals surface area contributed by atoms with E-state index in [-0.39, 0.29) is 17.1 Å². The van der Waals surface area contributed by atoms with Crippen molar-refractivity contribution in [2.45, 2.75) is 8.13 Å². The van der Waals surface area contributed by atoms with Gasteiger partial charge < -0.3 is 11.6 Å². The molecular formula is C3HCl6Cu. The Labute approximate surface area is 99.9 Å². The molecule has 0 unspecified atom stereocenters. The van der Waals surface area contributed by atoms with Crippen LogP contribution in [0.1, 0.15) is 0 Å². The Bertz CT molecular complexity index is 95.7. The van der Waals surface area contributed by atoms with Crippen LogP contribution in [0.5, 0.6) is 0 Å². The fourth-order valence-corrected chi connectivity index (χ4v) is 0.557. The molecule has 0 atom stereocenters. The Balaban J connectivity index is 0. The smallest absolute Gasteiger partial charge is 0.346 e. The van der Waals surface area contributed by atoms with Crippen molar-refractivity contribution < 1.29 is 17.1 Å². The number of hydrogen-bond donors (Lipinski definition) is 0. The largest absolute Gasteiger partial charge is 1.00 e. The maximum atomic E-state index is 5.38. The van der Waals surface area contributed by atoms with E-state index in [0.29, 0.717) is 0 Å². The summed E-state index contributed by atoms with van der Waals surface area (Å²) >= 11 is 31.7. The zero-order chi connectivity index (χ0) is 7.71. The van der Waals surface area contributed by atoms with E-state index in [1.165, 1.54) is 0 Å². The molecule has 0 saturated heterocycles. The van der Waals surface area contributed by atoms with Crippen LogP contribution in [0, 0.1) is 5.88 Å². The first kappa shape index (κ1) is 14.8. The van der Waals surface area contributed by atoms with Crippen molar-refractivity contribution in [3.05, 3.63) is 5.88 Å². The van der Waals surface area contributed by atoms with Crippen molar-refractivity contribution in [3.63, 3.8) is 0 Å². The van der Waals surface area contributed by atoms with Gasteiger partial charge in [-0.1, -0.05) is 34.8 Å². The van der Waals surface area contributed by atoms with Crippen LogP contribution in [0.4, 0.5) is 0 Å². The van der Waals surface area contributed by atoms with E-state index in [1.54, 1.807) is 0 Å². The van der Waals surface area contributed by atoms with Crippen molar-refractivity contribution in [3.8, 4) is 0 Å². The fourth-order valence-electron chi connectivity index (χ4n) is 0.0619. The van der Waals surface area contributed by atoms with Gasteiger partial charge in [0.25, 0.3) is 0 Å². The first-order valence-electron chi connectivity index (χ1n) is 1.70. The predicted molar refractivity (Wildman–Crippen MR) is 44.9 cm³/mol. The molecule has 7 heteroatoms. The quantitative estimate of drug-likeness (QED) is 0.391. The maximum absolute atomic E-state index is 5.38. The number of alkyl halides is 5. The SMILES string of the molecule is Cl[CH-]C(Cl)(Cl)C(Cl)(Cl)Cl.[Cu+]. The minimum atomic E-state index is -1.79. The van der Waals surface area contributed by atoms with Crippen molar-refractivity contribution in [2.75, 3.05) is 0 Å². The van der Waals surface area contributed by atoms with Gasteiger partial charge in [0, 0.05) is 0 Å². The van der Waals surface area contributed by atoms with E-state index in [0.717, 1.165) is 5.88 Å². The molecule has 0 bridgehead atoms. The predicted octanol–water partition coefficient (Wildman–Crippen LogP) is 3.93. The zero-order valence-electron chi connectivity index (χ0n) is 4.15. The molecular weight excluding hydrogens is 312 g/mol. The molecule has 0 saturated carbocycles. The first-order chi connectivity index (χ1) is 3.81. The van der Waals surface area contributed by atoms with Gasteiger partial charge in [0.05, 0.1) is 4.33 Å². The monoisotopic (exact) mass is 310 g/mol. The Morgan fingerprint density at radius 3 is 1.20 bits per heavy atom. The number of rotatable bonds is 1.